The van der Waals surface area contributed by atoms with E-state index in [-0.39, 0.29) is 11.9 Å². The van der Waals surface area contributed by atoms with Crippen LogP contribution in [0.5, 0.6) is 0 Å². The van der Waals surface area contributed by atoms with Gasteiger partial charge in [0.05, 0.1) is 18.6 Å². The van der Waals surface area contributed by atoms with Crippen LogP contribution in [0, 0.1) is 11.3 Å². The molecular formula is C15H24N2O4. The normalized spacial score (nSPS) is 27.4. The predicted octanol–water partition coefficient (Wildman–Crippen LogP) is 1.48. The quantitative estimate of drug-likeness (QED) is 0.551. The van der Waals surface area contributed by atoms with Gasteiger partial charge in [0.1, 0.15) is 0 Å². The summed E-state index contributed by atoms with van der Waals surface area (Å²) in [5, 5.41) is 12.3. The van der Waals surface area contributed by atoms with Gasteiger partial charge in [0.15, 0.2) is 0 Å². The number of hydrogen-bond acceptors (Lipinski definition) is 3. The Morgan fingerprint density at radius 1 is 1.48 bits per heavy atom. The van der Waals surface area contributed by atoms with E-state index < -0.39 is 11.4 Å². The number of carboxylic acids is 1. The molecule has 1 aliphatic carbocycles. The third-order valence-electron chi connectivity index (χ3n) is 4.57. The summed E-state index contributed by atoms with van der Waals surface area (Å²) >= 11 is 0. The molecule has 1 saturated heterocycles. The van der Waals surface area contributed by atoms with Crippen molar-refractivity contribution in [3.05, 3.63) is 12.7 Å². The maximum atomic E-state index is 12.1. The molecule has 6 heteroatoms. The fourth-order valence-corrected chi connectivity index (χ4v) is 3.40. The van der Waals surface area contributed by atoms with Crippen LogP contribution in [0.25, 0.3) is 0 Å². The molecule has 1 aliphatic heterocycles. The van der Waals surface area contributed by atoms with Gasteiger partial charge < -0.3 is 20.1 Å². The molecule has 0 aromatic carbocycles. The summed E-state index contributed by atoms with van der Waals surface area (Å²) in [4.78, 5) is 25.3. The Labute approximate surface area is 125 Å². The van der Waals surface area contributed by atoms with Gasteiger partial charge in [-0.15, -0.1) is 6.58 Å². The summed E-state index contributed by atoms with van der Waals surface area (Å²) in [5.41, 5.74) is -0.711. The molecule has 0 radical (unpaired) electrons. The van der Waals surface area contributed by atoms with E-state index in [1.54, 1.807) is 11.0 Å². The van der Waals surface area contributed by atoms with Crippen LogP contribution in [0.15, 0.2) is 12.7 Å². The largest absolute Gasteiger partial charge is 0.481 e. The van der Waals surface area contributed by atoms with Gasteiger partial charge in [-0.2, -0.15) is 0 Å². The van der Waals surface area contributed by atoms with Crippen molar-refractivity contribution in [3.8, 4) is 0 Å². The Kier molecular flexibility index (Phi) is 5.22. The maximum Gasteiger partial charge on any atom is 0.317 e. The van der Waals surface area contributed by atoms with E-state index >= 15 is 0 Å². The second-order valence-electron chi connectivity index (χ2n) is 5.85. The lowest BCUT2D eigenvalue weighted by Crippen LogP contribution is -2.42. The lowest BCUT2D eigenvalue weighted by atomic mass is 9.81. The molecule has 0 aromatic heterocycles. The highest BCUT2D eigenvalue weighted by atomic mass is 16.5. The molecule has 2 rings (SSSR count). The molecule has 118 valence electrons. The molecule has 1 saturated carbocycles. The van der Waals surface area contributed by atoms with Crippen LogP contribution < -0.4 is 5.32 Å². The summed E-state index contributed by atoms with van der Waals surface area (Å²) in [6, 6.07) is -0.183. The molecule has 0 aromatic rings. The van der Waals surface area contributed by atoms with Gasteiger partial charge in [-0.3, -0.25) is 4.79 Å². The molecule has 0 bridgehead atoms. The maximum absolute atomic E-state index is 12.1. The molecule has 1 heterocycles. The zero-order valence-corrected chi connectivity index (χ0v) is 12.3. The number of carbonyl (C=O) groups is 2. The number of likely N-dealkylation sites (tertiary alicyclic amines) is 1. The average Bonchev–Trinajstić information content (AvgIpc) is 3.00. The van der Waals surface area contributed by atoms with E-state index in [0.717, 1.165) is 19.3 Å². The molecule has 0 spiro atoms. The molecule has 2 fully saturated rings. The standard InChI is InChI=1S/C15H24N2O4/c1-2-3-8-21-9-7-16-14(20)17-10-12-5-4-6-15(12,11-17)13(18)19/h2,12H,1,3-11H2,(H,16,20)(H,18,19)/t12-,15+/m0/s1. The van der Waals surface area contributed by atoms with Crippen LogP contribution in [0.2, 0.25) is 0 Å². The number of amides is 2. The van der Waals surface area contributed by atoms with Gasteiger partial charge in [0.2, 0.25) is 0 Å². The molecule has 2 atom stereocenters. The van der Waals surface area contributed by atoms with Gasteiger partial charge in [0, 0.05) is 19.6 Å². The molecule has 6 nitrogen and oxygen atoms in total. The van der Waals surface area contributed by atoms with E-state index in [9.17, 15) is 14.7 Å². The third-order valence-corrected chi connectivity index (χ3v) is 4.57. The van der Waals surface area contributed by atoms with Gasteiger partial charge >= 0.3 is 12.0 Å². The molecule has 2 aliphatic rings. The van der Waals surface area contributed by atoms with Crippen molar-refractivity contribution < 1.29 is 19.4 Å². The van der Waals surface area contributed by atoms with Crippen molar-refractivity contribution in [1.29, 1.82) is 0 Å². The Balaban J connectivity index is 1.75. The minimum absolute atomic E-state index is 0.101. The highest BCUT2D eigenvalue weighted by Gasteiger charge is 2.55. The van der Waals surface area contributed by atoms with Gasteiger partial charge in [-0.25, -0.2) is 4.79 Å². The lowest BCUT2D eigenvalue weighted by molar-refractivity contribution is -0.149. The highest BCUT2D eigenvalue weighted by Crippen LogP contribution is 2.48. The number of ether oxygens (including phenoxy) is 1. The first-order valence-electron chi connectivity index (χ1n) is 7.55. The van der Waals surface area contributed by atoms with Crippen LogP contribution in [-0.2, 0) is 9.53 Å². The SMILES string of the molecule is C=CCCOCCNC(=O)N1C[C@@H]2CCC[C@@]2(C(=O)O)C1. The van der Waals surface area contributed by atoms with Gasteiger partial charge in [-0.05, 0) is 25.2 Å². The summed E-state index contributed by atoms with van der Waals surface area (Å²) in [7, 11) is 0. The Bertz CT molecular complexity index is 412. The second-order valence-corrected chi connectivity index (χ2v) is 5.85. The first-order chi connectivity index (χ1) is 10.1. The predicted molar refractivity (Wildman–Crippen MR) is 78.0 cm³/mol. The summed E-state index contributed by atoms with van der Waals surface area (Å²) in [6.07, 6.45) is 5.11. The third kappa shape index (κ3) is 3.37. The van der Waals surface area contributed by atoms with E-state index in [4.69, 9.17) is 4.74 Å². The van der Waals surface area contributed by atoms with E-state index in [2.05, 4.69) is 11.9 Å². The van der Waals surface area contributed by atoms with Crippen molar-refractivity contribution in [3.63, 3.8) is 0 Å². The number of rotatable bonds is 7. The Hall–Kier alpha value is -1.56. The van der Waals surface area contributed by atoms with Crippen LogP contribution in [-0.4, -0.2) is 54.9 Å². The Morgan fingerprint density at radius 3 is 2.95 bits per heavy atom. The van der Waals surface area contributed by atoms with Crippen molar-refractivity contribution in [2.45, 2.75) is 25.7 Å². The number of nitrogens with zero attached hydrogens (tertiary/aromatic N) is 1. The van der Waals surface area contributed by atoms with Crippen LogP contribution in [0.4, 0.5) is 4.79 Å². The number of hydrogen-bond donors (Lipinski definition) is 2. The van der Waals surface area contributed by atoms with Crippen molar-refractivity contribution >= 4 is 12.0 Å². The fraction of sp³-hybridized carbons (Fsp3) is 0.733. The monoisotopic (exact) mass is 296 g/mol. The van der Waals surface area contributed by atoms with E-state index in [0.29, 0.717) is 39.3 Å². The van der Waals surface area contributed by atoms with E-state index in [1.807, 2.05) is 0 Å². The fourth-order valence-electron chi connectivity index (χ4n) is 3.40. The van der Waals surface area contributed by atoms with Crippen molar-refractivity contribution in [2.75, 3.05) is 32.8 Å². The minimum Gasteiger partial charge on any atom is -0.481 e. The van der Waals surface area contributed by atoms with Crippen molar-refractivity contribution in [2.24, 2.45) is 11.3 Å². The van der Waals surface area contributed by atoms with Gasteiger partial charge in [-0.1, -0.05) is 12.5 Å². The van der Waals surface area contributed by atoms with Crippen LogP contribution in [0.1, 0.15) is 25.7 Å². The topological polar surface area (TPSA) is 78.9 Å². The highest BCUT2D eigenvalue weighted by molar-refractivity contribution is 5.80. The smallest absolute Gasteiger partial charge is 0.317 e. The van der Waals surface area contributed by atoms with Gasteiger partial charge in [0.25, 0.3) is 0 Å². The second kappa shape index (κ2) is 6.93. The number of nitrogens with one attached hydrogen (secondary N) is 1. The lowest BCUT2D eigenvalue weighted by Gasteiger charge is -2.23. The molecule has 2 amide bonds. The molecule has 0 unspecified atom stereocenters. The number of urea groups is 1. The minimum atomic E-state index is -0.756. The molecule has 2 N–H and O–H groups in total. The number of carbonyl (C=O) groups excluding carboxylic acids is 1. The number of carboxylic acid groups (broad SMARTS) is 1. The summed E-state index contributed by atoms with van der Waals surface area (Å²) in [5.74, 6) is -0.655. The zero-order chi connectivity index (χ0) is 15.3. The zero-order valence-electron chi connectivity index (χ0n) is 12.3. The first-order valence-corrected chi connectivity index (χ1v) is 7.55. The summed E-state index contributed by atoms with van der Waals surface area (Å²) < 4.78 is 5.32. The molecule has 21 heavy (non-hydrogen) atoms. The Morgan fingerprint density at radius 2 is 2.29 bits per heavy atom. The van der Waals surface area contributed by atoms with Crippen LogP contribution in [0.3, 0.4) is 0 Å². The first kappa shape index (κ1) is 15.8. The van der Waals surface area contributed by atoms with E-state index in [1.165, 1.54) is 0 Å². The van der Waals surface area contributed by atoms with Crippen molar-refractivity contribution in [1.82, 2.24) is 10.2 Å². The molecular weight excluding hydrogens is 272 g/mol. The van der Waals surface area contributed by atoms with Crippen LogP contribution >= 0.6 is 0 Å². The summed E-state index contributed by atoms with van der Waals surface area (Å²) in [6.45, 7) is 5.99. The average molecular weight is 296 g/mol. The number of aliphatic carboxylic acids is 1. The number of fused-ring (bicyclic) bond motifs is 1.